The van der Waals surface area contributed by atoms with E-state index in [2.05, 4.69) is 15.0 Å². The summed E-state index contributed by atoms with van der Waals surface area (Å²) < 4.78 is 1.87. The van der Waals surface area contributed by atoms with Crippen LogP contribution in [0.25, 0.3) is 0 Å². The van der Waals surface area contributed by atoms with Gasteiger partial charge in [-0.15, -0.1) is 0 Å². The quantitative estimate of drug-likeness (QED) is 0.750. The zero-order valence-corrected chi connectivity index (χ0v) is 10.4. The minimum atomic E-state index is 0.0299. The summed E-state index contributed by atoms with van der Waals surface area (Å²) in [5, 5.41) is 4.35. The van der Waals surface area contributed by atoms with Crippen LogP contribution < -0.4 is 0 Å². The molecular weight excluding hydrogens is 216 g/mol. The molecule has 3 aliphatic rings. The van der Waals surface area contributed by atoms with Gasteiger partial charge in [-0.05, 0) is 39.8 Å². The summed E-state index contributed by atoms with van der Waals surface area (Å²) in [6.45, 7) is 6.63. The third-order valence-electron chi connectivity index (χ3n) is 4.01. The third kappa shape index (κ3) is 1.78. The van der Waals surface area contributed by atoms with Crippen molar-refractivity contribution in [2.75, 3.05) is 13.1 Å². The number of aromatic nitrogens is 3. The van der Waals surface area contributed by atoms with Crippen LogP contribution in [0.3, 0.4) is 0 Å². The standard InChI is InChI=1S/C12H18N4O/c1-8-13-9(2)16(14-8)7-11-12(17)10-3-5-15(11)6-4-10/h10-11H,3-7H2,1-2H3. The van der Waals surface area contributed by atoms with Gasteiger partial charge in [0.1, 0.15) is 11.6 Å². The molecular formula is C12H18N4O. The minimum absolute atomic E-state index is 0.0299. The van der Waals surface area contributed by atoms with Gasteiger partial charge in [0, 0.05) is 5.92 Å². The lowest BCUT2D eigenvalue weighted by molar-refractivity contribution is -0.137. The summed E-state index contributed by atoms with van der Waals surface area (Å²) in [5.41, 5.74) is 0. The van der Waals surface area contributed by atoms with Crippen LogP contribution in [0.5, 0.6) is 0 Å². The van der Waals surface area contributed by atoms with E-state index in [-0.39, 0.29) is 6.04 Å². The Bertz CT molecular complexity index is 445. The molecule has 0 aromatic carbocycles. The molecule has 0 aliphatic carbocycles. The van der Waals surface area contributed by atoms with Gasteiger partial charge in [-0.3, -0.25) is 9.69 Å². The zero-order chi connectivity index (χ0) is 12.0. The predicted molar refractivity (Wildman–Crippen MR) is 62.6 cm³/mol. The Labute approximate surface area is 101 Å². The number of carbonyl (C=O) groups excluding carboxylic acids is 1. The Hall–Kier alpha value is -1.23. The van der Waals surface area contributed by atoms with Gasteiger partial charge in [0.15, 0.2) is 5.78 Å². The highest BCUT2D eigenvalue weighted by Gasteiger charge is 2.41. The Balaban J connectivity index is 1.81. The number of piperidine rings is 3. The first-order valence-electron chi connectivity index (χ1n) is 6.31. The Kier molecular flexibility index (Phi) is 2.50. The lowest BCUT2D eigenvalue weighted by Crippen LogP contribution is -2.57. The first kappa shape index (κ1) is 10.9. The fourth-order valence-corrected chi connectivity index (χ4v) is 3.05. The van der Waals surface area contributed by atoms with E-state index >= 15 is 0 Å². The van der Waals surface area contributed by atoms with Crippen molar-refractivity contribution in [3.63, 3.8) is 0 Å². The number of nitrogens with zero attached hydrogens (tertiary/aromatic N) is 4. The van der Waals surface area contributed by atoms with Gasteiger partial charge in [0.05, 0.1) is 12.6 Å². The van der Waals surface area contributed by atoms with Crippen LogP contribution in [0.4, 0.5) is 0 Å². The molecule has 3 fully saturated rings. The van der Waals surface area contributed by atoms with Crippen LogP contribution in [0.2, 0.25) is 0 Å². The van der Waals surface area contributed by atoms with Gasteiger partial charge < -0.3 is 0 Å². The molecule has 17 heavy (non-hydrogen) atoms. The smallest absolute Gasteiger partial charge is 0.155 e. The number of hydrogen-bond donors (Lipinski definition) is 0. The summed E-state index contributed by atoms with van der Waals surface area (Å²) in [7, 11) is 0. The van der Waals surface area contributed by atoms with Gasteiger partial charge in [0.25, 0.3) is 0 Å². The molecule has 0 radical (unpaired) electrons. The number of carbonyl (C=O) groups is 1. The van der Waals surface area contributed by atoms with E-state index in [1.54, 1.807) is 0 Å². The topological polar surface area (TPSA) is 51.0 Å². The normalized spacial score (nSPS) is 32.1. The summed E-state index contributed by atoms with van der Waals surface area (Å²) in [5.74, 6) is 2.40. The van der Waals surface area contributed by atoms with Crippen LogP contribution >= 0.6 is 0 Å². The number of fused-ring (bicyclic) bond motifs is 3. The summed E-state index contributed by atoms with van der Waals surface area (Å²) in [4.78, 5) is 18.8. The third-order valence-corrected chi connectivity index (χ3v) is 4.01. The minimum Gasteiger partial charge on any atom is -0.298 e. The molecule has 1 aromatic heterocycles. The van der Waals surface area contributed by atoms with Crippen molar-refractivity contribution in [3.8, 4) is 0 Å². The Morgan fingerprint density at radius 2 is 2.00 bits per heavy atom. The molecule has 5 heteroatoms. The number of ketones is 1. The Morgan fingerprint density at radius 3 is 2.53 bits per heavy atom. The highest BCUT2D eigenvalue weighted by atomic mass is 16.1. The van der Waals surface area contributed by atoms with Gasteiger partial charge in [-0.25, -0.2) is 9.67 Å². The maximum atomic E-state index is 12.2. The molecule has 3 aliphatic heterocycles. The molecule has 1 atom stereocenters. The van der Waals surface area contributed by atoms with Crippen molar-refractivity contribution < 1.29 is 4.79 Å². The highest BCUT2D eigenvalue weighted by Crippen LogP contribution is 2.29. The second-order valence-electron chi connectivity index (χ2n) is 5.12. The first-order valence-corrected chi connectivity index (χ1v) is 6.31. The van der Waals surface area contributed by atoms with Gasteiger partial charge in [-0.2, -0.15) is 5.10 Å². The molecule has 4 rings (SSSR count). The monoisotopic (exact) mass is 234 g/mol. The average molecular weight is 234 g/mol. The molecule has 3 saturated heterocycles. The SMILES string of the molecule is Cc1nc(C)n(CC2C(=O)C3CCN2CC3)n1. The molecule has 92 valence electrons. The Morgan fingerprint density at radius 1 is 1.29 bits per heavy atom. The second kappa shape index (κ2) is 3.91. The molecule has 0 amide bonds. The van der Waals surface area contributed by atoms with Crippen molar-refractivity contribution in [3.05, 3.63) is 11.6 Å². The highest BCUT2D eigenvalue weighted by molar-refractivity contribution is 5.87. The molecule has 2 bridgehead atoms. The van der Waals surface area contributed by atoms with Crippen LogP contribution in [-0.2, 0) is 11.3 Å². The van der Waals surface area contributed by atoms with Crippen LogP contribution in [0, 0.1) is 19.8 Å². The summed E-state index contributed by atoms with van der Waals surface area (Å²) in [6.07, 6.45) is 2.09. The van der Waals surface area contributed by atoms with E-state index in [1.165, 1.54) is 0 Å². The van der Waals surface area contributed by atoms with Crippen molar-refractivity contribution in [2.24, 2.45) is 5.92 Å². The molecule has 0 saturated carbocycles. The van der Waals surface area contributed by atoms with Crippen LogP contribution in [0.1, 0.15) is 24.5 Å². The average Bonchev–Trinajstić information content (AvgIpc) is 2.63. The molecule has 4 heterocycles. The fraction of sp³-hybridized carbons (Fsp3) is 0.750. The fourth-order valence-electron chi connectivity index (χ4n) is 3.05. The largest absolute Gasteiger partial charge is 0.298 e. The van der Waals surface area contributed by atoms with Crippen molar-refractivity contribution in [1.82, 2.24) is 19.7 Å². The molecule has 1 aromatic rings. The molecule has 5 nitrogen and oxygen atoms in total. The van der Waals surface area contributed by atoms with Crippen molar-refractivity contribution in [1.29, 1.82) is 0 Å². The van der Waals surface area contributed by atoms with E-state index in [4.69, 9.17) is 0 Å². The van der Waals surface area contributed by atoms with Gasteiger partial charge in [-0.1, -0.05) is 0 Å². The van der Waals surface area contributed by atoms with Gasteiger partial charge >= 0.3 is 0 Å². The van der Waals surface area contributed by atoms with Crippen LogP contribution in [0.15, 0.2) is 0 Å². The number of hydrogen-bond acceptors (Lipinski definition) is 4. The molecule has 0 spiro atoms. The summed E-state index contributed by atoms with van der Waals surface area (Å²) in [6, 6.07) is 0.0299. The van der Waals surface area contributed by atoms with Crippen molar-refractivity contribution >= 4 is 5.78 Å². The van der Waals surface area contributed by atoms with Gasteiger partial charge in [0.2, 0.25) is 0 Å². The molecule has 1 unspecified atom stereocenters. The molecule has 0 N–H and O–H groups in total. The number of aryl methyl sites for hydroxylation is 2. The zero-order valence-electron chi connectivity index (χ0n) is 10.4. The van der Waals surface area contributed by atoms with E-state index < -0.39 is 0 Å². The van der Waals surface area contributed by atoms with Crippen molar-refractivity contribution in [2.45, 2.75) is 39.3 Å². The second-order valence-corrected chi connectivity index (χ2v) is 5.12. The number of rotatable bonds is 2. The van der Waals surface area contributed by atoms with E-state index in [0.717, 1.165) is 37.6 Å². The van der Waals surface area contributed by atoms with E-state index in [1.807, 2.05) is 18.5 Å². The van der Waals surface area contributed by atoms with Crippen LogP contribution in [-0.4, -0.2) is 44.6 Å². The lowest BCUT2D eigenvalue weighted by atomic mass is 9.82. The maximum absolute atomic E-state index is 12.2. The van der Waals surface area contributed by atoms with E-state index in [9.17, 15) is 4.79 Å². The lowest BCUT2D eigenvalue weighted by Gasteiger charge is -2.43. The summed E-state index contributed by atoms with van der Waals surface area (Å²) >= 11 is 0. The number of Topliss-reactive ketones (excluding diaryl/α,β-unsaturated/α-hetero) is 1. The maximum Gasteiger partial charge on any atom is 0.155 e. The predicted octanol–water partition coefficient (Wildman–Crippen LogP) is 0.558. The first-order chi connectivity index (χ1) is 8.15. The van der Waals surface area contributed by atoms with E-state index in [0.29, 0.717) is 18.2 Å².